The predicted octanol–water partition coefficient (Wildman–Crippen LogP) is 5.45. The van der Waals surface area contributed by atoms with Crippen molar-refractivity contribution >= 4 is 31.7 Å². The van der Waals surface area contributed by atoms with Crippen LogP contribution in [0.15, 0.2) is 101 Å². The molecule has 0 fully saturated rings. The Balaban J connectivity index is 1.69. The normalized spacial score (nSPS) is 12.9. The van der Waals surface area contributed by atoms with Gasteiger partial charge in [0, 0.05) is 7.05 Å². The zero-order chi connectivity index (χ0) is 25.4. The molecular weight excluding hydrogens is 477 g/mol. The smallest absolute Gasteiger partial charge is 0.266 e. The van der Waals surface area contributed by atoms with Crippen LogP contribution in [0.3, 0.4) is 0 Å². The fourth-order valence-corrected chi connectivity index (χ4v) is 5.90. The molecule has 0 radical (unpaired) electrons. The number of halogens is 1. The molecule has 0 saturated carbocycles. The van der Waals surface area contributed by atoms with Gasteiger partial charge in [-0.2, -0.15) is 4.31 Å². The van der Waals surface area contributed by atoms with E-state index in [0.717, 1.165) is 10.8 Å². The summed E-state index contributed by atoms with van der Waals surface area (Å²) in [4.78, 5) is 18.5. The van der Waals surface area contributed by atoms with Crippen molar-refractivity contribution < 1.29 is 12.8 Å². The molecule has 1 unspecified atom stereocenters. The molecular formula is C28H24FN3O3S. The highest BCUT2D eigenvalue weighted by Gasteiger charge is 2.32. The van der Waals surface area contributed by atoms with Gasteiger partial charge in [-0.15, -0.1) is 0 Å². The van der Waals surface area contributed by atoms with E-state index in [2.05, 4.69) is 0 Å². The van der Waals surface area contributed by atoms with Crippen LogP contribution in [0.2, 0.25) is 0 Å². The number of aromatic nitrogens is 2. The number of sulfonamides is 1. The van der Waals surface area contributed by atoms with Crippen molar-refractivity contribution in [1.29, 1.82) is 0 Å². The van der Waals surface area contributed by atoms with Gasteiger partial charge >= 0.3 is 0 Å². The maximum Gasteiger partial charge on any atom is 0.266 e. The molecule has 0 N–H and O–H groups in total. The number of benzene rings is 4. The molecule has 8 heteroatoms. The Kier molecular flexibility index (Phi) is 6.15. The zero-order valence-electron chi connectivity index (χ0n) is 19.8. The Morgan fingerprint density at radius 3 is 2.31 bits per heavy atom. The lowest BCUT2D eigenvalue weighted by atomic mass is 10.1. The van der Waals surface area contributed by atoms with Crippen LogP contribution in [0, 0.1) is 5.82 Å². The monoisotopic (exact) mass is 501 g/mol. The molecule has 5 rings (SSSR count). The molecule has 0 aliphatic heterocycles. The lowest BCUT2D eigenvalue weighted by Crippen LogP contribution is -2.36. The van der Waals surface area contributed by atoms with Gasteiger partial charge < -0.3 is 0 Å². The minimum absolute atomic E-state index is 0.151. The average Bonchev–Trinajstić information content (AvgIpc) is 2.89. The van der Waals surface area contributed by atoms with Gasteiger partial charge in [0.2, 0.25) is 10.0 Å². The molecule has 1 heterocycles. The Morgan fingerprint density at radius 1 is 0.917 bits per heavy atom. The van der Waals surface area contributed by atoms with Gasteiger partial charge in [0.1, 0.15) is 11.6 Å². The number of nitrogens with zero attached hydrogens (tertiary/aromatic N) is 3. The quantitative estimate of drug-likeness (QED) is 0.310. The maximum absolute atomic E-state index is 13.8. The number of hydrogen-bond acceptors (Lipinski definition) is 4. The first-order chi connectivity index (χ1) is 17.3. The van der Waals surface area contributed by atoms with Crippen LogP contribution in [0.25, 0.3) is 27.4 Å². The van der Waals surface area contributed by atoms with Gasteiger partial charge in [-0.1, -0.05) is 49.4 Å². The third-order valence-corrected chi connectivity index (χ3v) is 8.27. The Morgan fingerprint density at radius 2 is 1.58 bits per heavy atom. The third kappa shape index (κ3) is 4.08. The van der Waals surface area contributed by atoms with Crippen molar-refractivity contribution in [3.63, 3.8) is 0 Å². The van der Waals surface area contributed by atoms with Crippen molar-refractivity contribution in [3.05, 3.63) is 113 Å². The summed E-state index contributed by atoms with van der Waals surface area (Å²) in [6, 6.07) is 24.2. The summed E-state index contributed by atoms with van der Waals surface area (Å²) >= 11 is 0. The van der Waals surface area contributed by atoms with Crippen molar-refractivity contribution in [3.8, 4) is 5.69 Å². The Hall–Kier alpha value is -3.88. The SMILES string of the molecule is CCC(c1nc2ccccc2c(=O)n1-c1ccc(F)cc1)N(C)S(=O)(=O)c1ccc2ccccc2c1. The second-order valence-electron chi connectivity index (χ2n) is 8.56. The molecule has 0 aliphatic carbocycles. The molecule has 0 bridgehead atoms. The lowest BCUT2D eigenvalue weighted by Gasteiger charge is -2.28. The summed E-state index contributed by atoms with van der Waals surface area (Å²) in [5, 5.41) is 2.14. The first kappa shape index (κ1) is 23.8. The van der Waals surface area contributed by atoms with E-state index in [0.29, 0.717) is 23.0 Å². The van der Waals surface area contributed by atoms with E-state index < -0.39 is 21.9 Å². The van der Waals surface area contributed by atoms with Crippen LogP contribution in [0.5, 0.6) is 0 Å². The predicted molar refractivity (Wildman–Crippen MR) is 139 cm³/mol. The molecule has 6 nitrogen and oxygen atoms in total. The fraction of sp³-hybridized carbons (Fsp3) is 0.143. The van der Waals surface area contributed by atoms with Gasteiger partial charge in [0.25, 0.3) is 5.56 Å². The van der Waals surface area contributed by atoms with Gasteiger partial charge in [0.15, 0.2) is 0 Å². The van der Waals surface area contributed by atoms with E-state index in [1.54, 1.807) is 42.5 Å². The fourth-order valence-electron chi connectivity index (χ4n) is 4.48. The number of para-hydroxylation sites is 1. The molecule has 182 valence electrons. The second kappa shape index (κ2) is 9.29. The van der Waals surface area contributed by atoms with Gasteiger partial charge in [-0.05, 0) is 65.7 Å². The largest absolute Gasteiger partial charge is 0.268 e. The molecule has 0 spiro atoms. The molecule has 1 atom stereocenters. The molecule has 1 aromatic heterocycles. The summed E-state index contributed by atoms with van der Waals surface area (Å²) < 4.78 is 43.8. The van der Waals surface area contributed by atoms with E-state index in [1.807, 2.05) is 31.2 Å². The highest BCUT2D eigenvalue weighted by Crippen LogP contribution is 2.30. The zero-order valence-corrected chi connectivity index (χ0v) is 20.6. The van der Waals surface area contributed by atoms with Crippen LogP contribution in [0.4, 0.5) is 4.39 Å². The number of hydrogen-bond donors (Lipinski definition) is 0. The molecule has 0 aliphatic rings. The first-order valence-corrected chi connectivity index (χ1v) is 13.0. The summed E-state index contributed by atoms with van der Waals surface area (Å²) in [6.07, 6.45) is 0.356. The van der Waals surface area contributed by atoms with Crippen LogP contribution in [-0.4, -0.2) is 29.3 Å². The van der Waals surface area contributed by atoms with Crippen LogP contribution in [-0.2, 0) is 10.0 Å². The van der Waals surface area contributed by atoms with Crippen molar-refractivity contribution in [2.75, 3.05) is 7.05 Å². The molecule has 0 saturated heterocycles. The highest BCUT2D eigenvalue weighted by molar-refractivity contribution is 7.89. The van der Waals surface area contributed by atoms with Crippen LogP contribution in [0.1, 0.15) is 25.2 Å². The van der Waals surface area contributed by atoms with Gasteiger partial charge in [0.05, 0.1) is 27.5 Å². The van der Waals surface area contributed by atoms with Crippen molar-refractivity contribution in [1.82, 2.24) is 13.9 Å². The summed E-state index contributed by atoms with van der Waals surface area (Å²) in [7, 11) is -2.45. The lowest BCUT2D eigenvalue weighted by molar-refractivity contribution is 0.347. The molecule has 36 heavy (non-hydrogen) atoms. The summed E-state index contributed by atoms with van der Waals surface area (Å²) in [6.45, 7) is 1.84. The van der Waals surface area contributed by atoms with Crippen molar-refractivity contribution in [2.45, 2.75) is 24.3 Å². The molecule has 5 aromatic rings. The maximum atomic E-state index is 13.8. The minimum atomic E-state index is -3.94. The van der Waals surface area contributed by atoms with Crippen molar-refractivity contribution in [2.24, 2.45) is 0 Å². The minimum Gasteiger partial charge on any atom is -0.268 e. The highest BCUT2D eigenvalue weighted by atomic mass is 32.2. The number of rotatable bonds is 6. The standard InChI is InChI=1S/C28H24FN3O3S/c1-3-26(31(2)36(34,35)23-17-12-19-8-4-5-9-20(19)18-23)27-30-25-11-7-6-10-24(25)28(33)32(27)22-15-13-21(29)14-16-22/h4-18,26H,3H2,1-2H3. The van der Waals surface area contributed by atoms with E-state index in [1.165, 1.54) is 40.2 Å². The van der Waals surface area contributed by atoms with E-state index in [-0.39, 0.29) is 16.3 Å². The topological polar surface area (TPSA) is 72.3 Å². The van der Waals surface area contributed by atoms with E-state index in [4.69, 9.17) is 4.98 Å². The van der Waals surface area contributed by atoms with Crippen LogP contribution < -0.4 is 5.56 Å². The summed E-state index contributed by atoms with van der Waals surface area (Å²) in [5.74, 6) is -0.176. The van der Waals surface area contributed by atoms with Crippen LogP contribution >= 0.6 is 0 Å². The molecule has 0 amide bonds. The average molecular weight is 502 g/mol. The van der Waals surface area contributed by atoms with E-state index in [9.17, 15) is 17.6 Å². The summed E-state index contributed by atoms with van der Waals surface area (Å²) in [5.41, 5.74) is 0.521. The Labute approximate surface area is 208 Å². The Bertz CT molecular complexity index is 1750. The number of fused-ring (bicyclic) bond motifs is 2. The second-order valence-corrected chi connectivity index (χ2v) is 10.6. The molecule has 4 aromatic carbocycles. The van der Waals surface area contributed by atoms with Gasteiger partial charge in [-0.25, -0.2) is 17.8 Å². The van der Waals surface area contributed by atoms with E-state index >= 15 is 0 Å². The first-order valence-electron chi connectivity index (χ1n) is 11.6. The third-order valence-electron chi connectivity index (χ3n) is 6.41. The van der Waals surface area contributed by atoms with Gasteiger partial charge in [-0.3, -0.25) is 9.36 Å².